The van der Waals surface area contributed by atoms with Crippen molar-refractivity contribution in [3.8, 4) is 0 Å². The highest BCUT2D eigenvalue weighted by Crippen LogP contribution is 2.63. The molecule has 0 amide bonds. The molecule has 3 heteroatoms. The molecule has 1 heterocycles. The Labute approximate surface area is 133 Å². The van der Waals surface area contributed by atoms with Crippen LogP contribution < -0.4 is 0 Å². The predicted molar refractivity (Wildman–Crippen MR) is 85.3 cm³/mol. The summed E-state index contributed by atoms with van der Waals surface area (Å²) in [5.74, 6) is 0.414. The Balaban J connectivity index is 1.79. The highest BCUT2D eigenvalue weighted by atomic mass is 16.5. The van der Waals surface area contributed by atoms with E-state index in [4.69, 9.17) is 4.74 Å². The van der Waals surface area contributed by atoms with Gasteiger partial charge in [0.25, 0.3) is 0 Å². The lowest BCUT2D eigenvalue weighted by atomic mass is 9.47. The molecule has 4 rings (SSSR count). The third-order valence-electron chi connectivity index (χ3n) is 7.58. The minimum atomic E-state index is -0.758. The van der Waals surface area contributed by atoms with Gasteiger partial charge in [-0.1, -0.05) is 26.3 Å². The number of aliphatic hydroxyl groups is 2. The molecule has 7 atom stereocenters. The van der Waals surface area contributed by atoms with Gasteiger partial charge in [0.2, 0.25) is 0 Å². The van der Waals surface area contributed by atoms with Crippen molar-refractivity contribution in [3.63, 3.8) is 0 Å². The Morgan fingerprint density at radius 3 is 2.68 bits per heavy atom. The number of hydrogen-bond acceptors (Lipinski definition) is 3. The third-order valence-corrected chi connectivity index (χ3v) is 7.58. The first-order valence-electron chi connectivity index (χ1n) is 9.02. The van der Waals surface area contributed by atoms with Crippen LogP contribution in [0.3, 0.4) is 0 Å². The Hall–Kier alpha value is -0.380. The molecule has 1 aliphatic heterocycles. The van der Waals surface area contributed by atoms with E-state index in [2.05, 4.69) is 19.9 Å². The van der Waals surface area contributed by atoms with Gasteiger partial charge in [-0.15, -0.1) is 0 Å². The topological polar surface area (TPSA) is 49.7 Å². The minimum absolute atomic E-state index is 0.00146. The van der Waals surface area contributed by atoms with Gasteiger partial charge >= 0.3 is 0 Å². The monoisotopic (exact) mass is 306 g/mol. The van der Waals surface area contributed by atoms with Crippen molar-refractivity contribution in [2.24, 2.45) is 22.7 Å². The van der Waals surface area contributed by atoms with Crippen molar-refractivity contribution in [1.29, 1.82) is 0 Å². The van der Waals surface area contributed by atoms with Gasteiger partial charge in [0, 0.05) is 12.5 Å². The van der Waals surface area contributed by atoms with Gasteiger partial charge in [-0.05, 0) is 61.3 Å². The van der Waals surface area contributed by atoms with Crippen molar-refractivity contribution in [2.75, 3.05) is 6.61 Å². The molecular weight excluding hydrogens is 276 g/mol. The first-order chi connectivity index (χ1) is 10.3. The average molecular weight is 306 g/mol. The second-order valence-corrected chi connectivity index (χ2v) is 9.10. The van der Waals surface area contributed by atoms with Gasteiger partial charge in [-0.3, -0.25) is 0 Å². The summed E-state index contributed by atoms with van der Waals surface area (Å²) in [4.78, 5) is 0. The zero-order valence-electron chi connectivity index (χ0n) is 14.1. The van der Waals surface area contributed by atoms with Crippen LogP contribution in [0.2, 0.25) is 0 Å². The fraction of sp³-hybridized carbons (Fsp3) is 0.895. The summed E-state index contributed by atoms with van der Waals surface area (Å²) in [6.45, 7) is 7.43. The van der Waals surface area contributed by atoms with Crippen molar-refractivity contribution < 1.29 is 14.9 Å². The van der Waals surface area contributed by atoms with Gasteiger partial charge in [-0.25, -0.2) is 0 Å². The van der Waals surface area contributed by atoms with E-state index in [1.165, 1.54) is 18.4 Å². The SMILES string of the molecule is C[C@@]12CCO[C@H]1C1=C[C@@H](O)[C@@H]3[C@](C)(CCC[C@]3(C)O)[C@H]1CC2. The summed E-state index contributed by atoms with van der Waals surface area (Å²) in [7, 11) is 0. The summed E-state index contributed by atoms with van der Waals surface area (Å²) in [5, 5.41) is 21.8. The molecule has 0 aromatic carbocycles. The van der Waals surface area contributed by atoms with Gasteiger partial charge in [0.1, 0.15) is 0 Å². The molecule has 2 saturated carbocycles. The van der Waals surface area contributed by atoms with Gasteiger partial charge in [0.15, 0.2) is 0 Å². The molecule has 0 unspecified atom stereocenters. The second-order valence-electron chi connectivity index (χ2n) is 9.10. The Bertz CT molecular complexity index is 511. The first kappa shape index (κ1) is 15.2. The summed E-state index contributed by atoms with van der Waals surface area (Å²) in [6.07, 6.45) is 8.19. The number of hydrogen-bond donors (Lipinski definition) is 2. The van der Waals surface area contributed by atoms with Crippen LogP contribution in [0.25, 0.3) is 0 Å². The largest absolute Gasteiger partial charge is 0.390 e. The van der Waals surface area contributed by atoms with E-state index in [1.54, 1.807) is 0 Å². The summed E-state index contributed by atoms with van der Waals surface area (Å²) >= 11 is 0. The van der Waals surface area contributed by atoms with Gasteiger partial charge < -0.3 is 14.9 Å². The molecule has 0 spiro atoms. The van der Waals surface area contributed by atoms with Crippen molar-refractivity contribution in [1.82, 2.24) is 0 Å². The lowest BCUT2D eigenvalue weighted by molar-refractivity contribution is -0.162. The predicted octanol–water partition coefficient (Wildman–Crippen LogP) is 3.05. The molecule has 0 aromatic heterocycles. The van der Waals surface area contributed by atoms with Crippen molar-refractivity contribution >= 4 is 0 Å². The Kier molecular flexibility index (Phi) is 3.16. The molecule has 3 nitrogen and oxygen atoms in total. The van der Waals surface area contributed by atoms with E-state index in [1.807, 2.05) is 6.92 Å². The first-order valence-corrected chi connectivity index (χ1v) is 9.02. The van der Waals surface area contributed by atoms with Crippen LogP contribution in [0.5, 0.6) is 0 Å². The zero-order chi connectivity index (χ0) is 15.8. The molecule has 22 heavy (non-hydrogen) atoms. The van der Waals surface area contributed by atoms with Crippen LogP contribution in [-0.2, 0) is 4.74 Å². The maximum Gasteiger partial charge on any atom is 0.0843 e. The van der Waals surface area contributed by atoms with Crippen LogP contribution in [-0.4, -0.2) is 34.6 Å². The van der Waals surface area contributed by atoms with Crippen LogP contribution >= 0.6 is 0 Å². The van der Waals surface area contributed by atoms with E-state index in [-0.39, 0.29) is 22.9 Å². The Morgan fingerprint density at radius 2 is 1.91 bits per heavy atom. The van der Waals surface area contributed by atoms with E-state index >= 15 is 0 Å². The molecular formula is C19H30O3. The number of ether oxygens (including phenoxy) is 1. The van der Waals surface area contributed by atoms with Crippen LogP contribution in [0.1, 0.15) is 59.3 Å². The molecule has 1 saturated heterocycles. The van der Waals surface area contributed by atoms with Crippen molar-refractivity contribution in [2.45, 2.75) is 77.1 Å². The third kappa shape index (κ3) is 1.85. The highest BCUT2D eigenvalue weighted by Gasteiger charge is 2.61. The van der Waals surface area contributed by atoms with Gasteiger partial charge in [-0.2, -0.15) is 0 Å². The van der Waals surface area contributed by atoms with E-state index in [0.29, 0.717) is 5.92 Å². The van der Waals surface area contributed by atoms with Crippen molar-refractivity contribution in [3.05, 3.63) is 11.6 Å². The molecule has 3 fully saturated rings. The smallest absolute Gasteiger partial charge is 0.0843 e. The van der Waals surface area contributed by atoms with E-state index < -0.39 is 11.7 Å². The van der Waals surface area contributed by atoms with Gasteiger partial charge in [0.05, 0.1) is 17.8 Å². The molecule has 0 radical (unpaired) electrons. The second kappa shape index (κ2) is 4.58. The lowest BCUT2D eigenvalue weighted by Gasteiger charge is -2.60. The normalized spacial score (nSPS) is 57.6. The quantitative estimate of drug-likeness (QED) is 0.676. The fourth-order valence-corrected chi connectivity index (χ4v) is 6.53. The average Bonchev–Trinajstić information content (AvgIpc) is 2.79. The number of rotatable bonds is 0. The molecule has 4 aliphatic rings. The summed E-state index contributed by atoms with van der Waals surface area (Å²) < 4.78 is 6.11. The standard InChI is InChI=1S/C19H30O3/c1-17-8-5-13-12(16(17)22-10-9-17)11-14(20)15-18(13,2)6-4-7-19(15,3)21/h11,13-16,20-21H,4-10H2,1-3H3/t13-,14+,15+,16-,17+,18+,19-/m0/s1. The summed E-state index contributed by atoms with van der Waals surface area (Å²) in [5.41, 5.74) is 0.836. The van der Waals surface area contributed by atoms with E-state index in [0.717, 1.165) is 32.3 Å². The van der Waals surface area contributed by atoms with Crippen LogP contribution in [0.15, 0.2) is 11.6 Å². The summed E-state index contributed by atoms with van der Waals surface area (Å²) in [6, 6.07) is 0. The zero-order valence-corrected chi connectivity index (χ0v) is 14.1. The maximum absolute atomic E-state index is 10.9. The minimum Gasteiger partial charge on any atom is -0.390 e. The number of aliphatic hydroxyl groups excluding tert-OH is 1. The highest BCUT2D eigenvalue weighted by molar-refractivity contribution is 5.31. The number of fused-ring (bicyclic) bond motifs is 5. The molecule has 0 bridgehead atoms. The molecule has 2 N–H and O–H groups in total. The van der Waals surface area contributed by atoms with Crippen LogP contribution in [0, 0.1) is 22.7 Å². The maximum atomic E-state index is 10.9. The molecule has 0 aromatic rings. The Morgan fingerprint density at radius 1 is 1.14 bits per heavy atom. The molecule has 3 aliphatic carbocycles. The van der Waals surface area contributed by atoms with E-state index in [9.17, 15) is 10.2 Å². The fourth-order valence-electron chi connectivity index (χ4n) is 6.53. The molecule has 124 valence electrons. The lowest BCUT2D eigenvalue weighted by Crippen LogP contribution is -2.60. The van der Waals surface area contributed by atoms with Crippen LogP contribution in [0.4, 0.5) is 0 Å².